The van der Waals surface area contributed by atoms with Gasteiger partial charge in [-0.05, 0) is 53.6 Å². The van der Waals surface area contributed by atoms with Crippen molar-refractivity contribution >= 4 is 28.8 Å². The lowest BCUT2D eigenvalue weighted by Crippen LogP contribution is -2.43. The van der Waals surface area contributed by atoms with E-state index in [0.717, 1.165) is 46.2 Å². The molecule has 180 valence electrons. The van der Waals surface area contributed by atoms with Gasteiger partial charge in [-0.1, -0.05) is 80.9 Å². The first-order valence-electron chi connectivity index (χ1n) is 12.5. The topological polar surface area (TPSA) is 59.8 Å². The van der Waals surface area contributed by atoms with Crippen LogP contribution in [0, 0.1) is 11.8 Å². The SMILES string of the molecule is C[C@@H]1[C@H](C)CCC[C@H]1NC(=O)c1ccc(CSc2nc3cccnc3n2Cc2ccccc2)cc1. The molecule has 1 aliphatic carbocycles. The zero-order valence-corrected chi connectivity index (χ0v) is 21.2. The number of pyridine rings is 1. The Kier molecular flexibility index (Phi) is 7.19. The molecule has 2 heterocycles. The second kappa shape index (κ2) is 10.6. The molecule has 2 aromatic heterocycles. The molecular formula is C29H32N4OS. The fraction of sp³-hybridized carbons (Fsp3) is 0.345. The van der Waals surface area contributed by atoms with E-state index in [1.54, 1.807) is 11.8 Å². The van der Waals surface area contributed by atoms with Crippen LogP contribution in [0.2, 0.25) is 0 Å². The Morgan fingerprint density at radius 2 is 1.80 bits per heavy atom. The molecular weight excluding hydrogens is 452 g/mol. The zero-order valence-electron chi connectivity index (χ0n) is 20.4. The van der Waals surface area contributed by atoms with Crippen molar-refractivity contribution in [1.29, 1.82) is 0 Å². The zero-order chi connectivity index (χ0) is 24.2. The fourth-order valence-electron chi connectivity index (χ4n) is 4.89. The maximum Gasteiger partial charge on any atom is 0.251 e. The highest BCUT2D eigenvalue weighted by Crippen LogP contribution is 2.30. The van der Waals surface area contributed by atoms with E-state index in [2.05, 4.69) is 65.1 Å². The number of nitrogens with one attached hydrogen (secondary N) is 1. The van der Waals surface area contributed by atoms with E-state index in [4.69, 9.17) is 4.98 Å². The number of hydrogen-bond donors (Lipinski definition) is 1. The maximum absolute atomic E-state index is 12.8. The molecule has 2 aromatic carbocycles. The van der Waals surface area contributed by atoms with Gasteiger partial charge < -0.3 is 5.32 Å². The first-order chi connectivity index (χ1) is 17.1. The van der Waals surface area contributed by atoms with E-state index in [1.807, 2.05) is 36.5 Å². The van der Waals surface area contributed by atoms with Crippen LogP contribution in [-0.4, -0.2) is 26.5 Å². The minimum atomic E-state index is 0.0332. The Balaban J connectivity index is 1.26. The van der Waals surface area contributed by atoms with Crippen LogP contribution in [0.5, 0.6) is 0 Å². The number of thioether (sulfide) groups is 1. The molecule has 1 amide bonds. The van der Waals surface area contributed by atoms with Crippen LogP contribution in [0.4, 0.5) is 0 Å². The molecule has 0 spiro atoms. The minimum Gasteiger partial charge on any atom is -0.349 e. The minimum absolute atomic E-state index is 0.0332. The summed E-state index contributed by atoms with van der Waals surface area (Å²) in [5.74, 6) is 1.99. The number of benzene rings is 2. The summed E-state index contributed by atoms with van der Waals surface area (Å²) in [5, 5.41) is 4.22. The third-order valence-electron chi connectivity index (χ3n) is 7.26. The molecule has 0 saturated heterocycles. The number of imidazole rings is 1. The fourth-order valence-corrected chi connectivity index (χ4v) is 5.85. The highest BCUT2D eigenvalue weighted by atomic mass is 32.2. The molecule has 0 unspecified atom stereocenters. The summed E-state index contributed by atoms with van der Waals surface area (Å²) < 4.78 is 2.18. The summed E-state index contributed by atoms with van der Waals surface area (Å²) in [6.45, 7) is 5.28. The smallest absolute Gasteiger partial charge is 0.251 e. The van der Waals surface area contributed by atoms with Gasteiger partial charge in [0.25, 0.3) is 5.91 Å². The molecule has 1 saturated carbocycles. The molecule has 1 N–H and O–H groups in total. The van der Waals surface area contributed by atoms with Gasteiger partial charge in [0.05, 0.1) is 6.54 Å². The Labute approximate surface area is 211 Å². The number of amides is 1. The second-order valence-electron chi connectivity index (χ2n) is 9.65. The van der Waals surface area contributed by atoms with E-state index in [0.29, 0.717) is 11.8 Å². The van der Waals surface area contributed by atoms with Crippen LogP contribution in [-0.2, 0) is 12.3 Å². The molecule has 5 rings (SSSR count). The molecule has 4 aromatic rings. The van der Waals surface area contributed by atoms with Crippen molar-refractivity contribution in [2.24, 2.45) is 11.8 Å². The number of hydrogen-bond acceptors (Lipinski definition) is 4. The molecule has 0 radical (unpaired) electrons. The van der Waals surface area contributed by atoms with Crippen molar-refractivity contribution in [1.82, 2.24) is 19.9 Å². The summed E-state index contributed by atoms with van der Waals surface area (Å²) in [7, 11) is 0. The second-order valence-corrected chi connectivity index (χ2v) is 10.6. The quantitative estimate of drug-likeness (QED) is 0.312. The monoisotopic (exact) mass is 484 g/mol. The molecule has 0 bridgehead atoms. The van der Waals surface area contributed by atoms with Crippen molar-refractivity contribution in [2.45, 2.75) is 56.6 Å². The van der Waals surface area contributed by atoms with Crippen molar-refractivity contribution in [3.05, 3.63) is 89.6 Å². The van der Waals surface area contributed by atoms with Crippen LogP contribution in [0.3, 0.4) is 0 Å². The van der Waals surface area contributed by atoms with Gasteiger partial charge in [0.2, 0.25) is 0 Å². The highest BCUT2D eigenvalue weighted by Gasteiger charge is 2.28. The summed E-state index contributed by atoms with van der Waals surface area (Å²) in [6.07, 6.45) is 5.34. The van der Waals surface area contributed by atoms with E-state index >= 15 is 0 Å². The molecule has 3 atom stereocenters. The number of aromatic nitrogens is 3. The largest absolute Gasteiger partial charge is 0.349 e. The summed E-state index contributed by atoms with van der Waals surface area (Å²) in [6, 6.07) is 22.6. The number of nitrogens with zero attached hydrogens (tertiary/aromatic N) is 3. The lowest BCUT2D eigenvalue weighted by molar-refractivity contribution is 0.0891. The Bertz CT molecular complexity index is 1290. The van der Waals surface area contributed by atoms with Crippen LogP contribution in [0.15, 0.2) is 78.1 Å². The van der Waals surface area contributed by atoms with Crippen molar-refractivity contribution in [3.63, 3.8) is 0 Å². The van der Waals surface area contributed by atoms with Crippen molar-refractivity contribution in [3.8, 4) is 0 Å². The molecule has 35 heavy (non-hydrogen) atoms. The normalized spacial score (nSPS) is 20.1. The van der Waals surface area contributed by atoms with Crippen LogP contribution in [0.1, 0.15) is 54.6 Å². The summed E-state index contributed by atoms with van der Waals surface area (Å²) in [5.41, 5.74) is 4.92. The van der Waals surface area contributed by atoms with Gasteiger partial charge in [0, 0.05) is 23.6 Å². The number of rotatable bonds is 7. The average molecular weight is 485 g/mol. The molecule has 1 aliphatic rings. The van der Waals surface area contributed by atoms with Crippen LogP contribution >= 0.6 is 11.8 Å². The Morgan fingerprint density at radius 3 is 2.60 bits per heavy atom. The molecule has 1 fully saturated rings. The lowest BCUT2D eigenvalue weighted by atomic mass is 9.78. The Morgan fingerprint density at radius 1 is 1.00 bits per heavy atom. The number of fused-ring (bicyclic) bond motifs is 1. The van der Waals surface area contributed by atoms with Gasteiger partial charge in [0.1, 0.15) is 5.52 Å². The van der Waals surface area contributed by atoms with E-state index < -0.39 is 0 Å². The van der Waals surface area contributed by atoms with Gasteiger partial charge >= 0.3 is 0 Å². The highest BCUT2D eigenvalue weighted by molar-refractivity contribution is 7.98. The first-order valence-corrected chi connectivity index (χ1v) is 13.4. The maximum atomic E-state index is 12.8. The van der Waals surface area contributed by atoms with Gasteiger partial charge in [-0.15, -0.1) is 0 Å². The van der Waals surface area contributed by atoms with Gasteiger partial charge in [-0.3, -0.25) is 9.36 Å². The third kappa shape index (κ3) is 5.43. The predicted molar refractivity (Wildman–Crippen MR) is 143 cm³/mol. The first kappa shape index (κ1) is 23.6. The summed E-state index contributed by atoms with van der Waals surface area (Å²) >= 11 is 1.70. The molecule has 6 heteroatoms. The van der Waals surface area contributed by atoms with Crippen molar-refractivity contribution in [2.75, 3.05) is 0 Å². The van der Waals surface area contributed by atoms with Gasteiger partial charge in [-0.25, -0.2) is 9.97 Å². The van der Waals surface area contributed by atoms with Crippen LogP contribution < -0.4 is 5.32 Å². The molecule has 5 nitrogen and oxygen atoms in total. The molecule has 0 aliphatic heterocycles. The van der Waals surface area contributed by atoms with E-state index in [1.165, 1.54) is 18.4 Å². The van der Waals surface area contributed by atoms with E-state index in [9.17, 15) is 4.79 Å². The number of carbonyl (C=O) groups excluding carboxylic acids is 1. The van der Waals surface area contributed by atoms with Gasteiger partial charge in [-0.2, -0.15) is 0 Å². The summed E-state index contributed by atoms with van der Waals surface area (Å²) in [4.78, 5) is 22.3. The Hall–Kier alpha value is -3.12. The lowest BCUT2D eigenvalue weighted by Gasteiger charge is -2.34. The van der Waals surface area contributed by atoms with E-state index in [-0.39, 0.29) is 11.9 Å². The number of carbonyl (C=O) groups is 1. The standard InChI is InChI=1S/C29H32N4OS/c1-20-8-6-11-25(21(20)2)31-28(34)24-15-13-23(14-16-24)19-35-29-32-26-12-7-17-30-27(26)33(29)18-22-9-4-3-5-10-22/h3-5,7,9-10,12-17,20-21,25H,6,8,11,18-19H2,1-2H3,(H,31,34)/t20-,21-,25-/m1/s1. The average Bonchev–Trinajstić information content (AvgIpc) is 3.23. The predicted octanol–water partition coefficient (Wildman–Crippen LogP) is 6.33. The third-order valence-corrected chi connectivity index (χ3v) is 8.31. The van der Waals surface area contributed by atoms with Gasteiger partial charge in [0.15, 0.2) is 10.8 Å². The van der Waals surface area contributed by atoms with Crippen LogP contribution in [0.25, 0.3) is 11.2 Å². The van der Waals surface area contributed by atoms with Crippen molar-refractivity contribution < 1.29 is 4.79 Å².